The molecular formula is C47H105N33O. The van der Waals surface area contributed by atoms with Crippen molar-refractivity contribution in [3.63, 3.8) is 0 Å². The highest BCUT2D eigenvalue weighted by atomic mass is 16.5. The van der Waals surface area contributed by atoms with Gasteiger partial charge in [0.25, 0.3) is 0 Å². The van der Waals surface area contributed by atoms with Crippen molar-refractivity contribution in [2.75, 3.05) is 94.8 Å². The predicted molar refractivity (Wildman–Crippen MR) is 342 cm³/mol. The normalized spacial score (nSPS) is 12.2. The standard InChI is InChI=1S/C8H11N3.C7H9N3.C7H17N3.C5H11N3O.C4H9N3.C4H11N3.C3H7N3.2C3H9N3.C2H7N3.CH5N3/c9-8(10)11-6-7-4-2-1-3-5-7;8-7(9)10-6-4-2-1-3-5-6;1-5(2)9-7(8)10-6(3)4;6-5(7)8-1-3-9-4-2-8;1-7-3-2-6-4(7)5;1-3(2)7-4(5)6;4-3-5-1-2-6-3;1-6(2)3(4)5;1-5-3(4)6-2;1-5-2(3)4;2-1(3)4/h1-5H,6H2,(H4,9,10,11);1-5H,(H4,8,9,10);5-6H,1-4H3,(H3,8,9,10);1-4H2,(H3,6,7);2-3H2,1H3,(H2,5,6);3H,1-2H3,(H4,5,6,7);1-2H2,(H3,4,5,6);1-2H3,(H3,4,5);1-2H3,(H3,4,5,6);1H3,(H4,3,4,5);(H5,2,3,4). The van der Waals surface area contributed by atoms with Gasteiger partial charge in [-0.05, 0) is 59.2 Å². The molecule has 81 heavy (non-hydrogen) atoms. The molecule has 0 aliphatic carbocycles. The molecule has 34 nitrogen and oxygen atoms in total. The van der Waals surface area contributed by atoms with E-state index in [1.165, 1.54) is 11.9 Å². The fourth-order valence-corrected chi connectivity index (χ4v) is 4.21. The molecule has 38 N–H and O–H groups in total. The Balaban J connectivity index is -0.000000193. The van der Waals surface area contributed by atoms with Crippen LogP contribution in [0.3, 0.4) is 0 Å². The summed E-state index contributed by atoms with van der Waals surface area (Å²) in [5.41, 5.74) is 82.5. The van der Waals surface area contributed by atoms with E-state index in [9.17, 15) is 0 Å². The van der Waals surface area contributed by atoms with Gasteiger partial charge in [0.15, 0.2) is 65.6 Å². The van der Waals surface area contributed by atoms with Gasteiger partial charge in [0.1, 0.15) is 0 Å². The van der Waals surface area contributed by atoms with Crippen molar-refractivity contribution < 1.29 is 4.74 Å². The van der Waals surface area contributed by atoms with Crippen LogP contribution in [0.25, 0.3) is 0 Å². The first-order valence-corrected chi connectivity index (χ1v) is 24.8. The molecule has 0 unspecified atom stereocenters. The molecule has 0 bridgehead atoms. The van der Waals surface area contributed by atoms with Crippen molar-refractivity contribution in [2.24, 2.45) is 132 Å². The van der Waals surface area contributed by atoms with Crippen molar-refractivity contribution in [1.82, 2.24) is 30.7 Å². The van der Waals surface area contributed by atoms with E-state index < -0.39 is 0 Å². The van der Waals surface area contributed by atoms with Gasteiger partial charge in [-0.15, -0.1) is 0 Å². The van der Waals surface area contributed by atoms with Crippen molar-refractivity contribution in [1.29, 1.82) is 16.2 Å². The first kappa shape index (κ1) is 82.7. The van der Waals surface area contributed by atoms with E-state index >= 15 is 0 Å². The summed E-state index contributed by atoms with van der Waals surface area (Å²) < 4.78 is 5.06. The number of rotatable bonds is 6. The van der Waals surface area contributed by atoms with E-state index in [4.69, 9.17) is 101 Å². The van der Waals surface area contributed by atoms with Crippen LogP contribution in [0.1, 0.15) is 47.1 Å². The maximum absolute atomic E-state index is 7.04. The van der Waals surface area contributed by atoms with E-state index in [-0.39, 0.29) is 53.8 Å². The highest BCUT2D eigenvalue weighted by Crippen LogP contribution is 2.08. The molecule has 2 aromatic carbocycles. The summed E-state index contributed by atoms with van der Waals surface area (Å²) in [6, 6.07) is 20.0. The number of morpholine rings is 1. The molecule has 3 heterocycles. The van der Waals surface area contributed by atoms with E-state index in [0.29, 0.717) is 49.6 Å². The topological polar surface area (TPSA) is 642 Å². The van der Waals surface area contributed by atoms with E-state index in [2.05, 4.69) is 67.4 Å². The molecule has 0 spiro atoms. The summed E-state index contributed by atoms with van der Waals surface area (Å²) in [7, 11) is 10.3. The van der Waals surface area contributed by atoms with Crippen LogP contribution >= 0.6 is 0 Å². The molecule has 0 radical (unpaired) electrons. The molecule has 0 aromatic heterocycles. The molecular weight excluding hydrogens is 1040 g/mol. The van der Waals surface area contributed by atoms with Crippen LogP contribution in [0.2, 0.25) is 0 Å². The van der Waals surface area contributed by atoms with Gasteiger partial charge in [-0.1, -0.05) is 48.5 Å². The third-order valence-corrected chi connectivity index (χ3v) is 7.93. The zero-order valence-corrected chi connectivity index (χ0v) is 49.9. The highest BCUT2D eigenvalue weighted by molar-refractivity contribution is 5.81. The molecule has 0 saturated carbocycles. The Kier molecular flexibility index (Phi) is 56.3. The number of hydrogen-bond acceptors (Lipinski definition) is 16. The van der Waals surface area contributed by atoms with Gasteiger partial charge in [-0.25, -0.2) is 9.98 Å². The minimum absolute atomic E-state index is 0.0891. The van der Waals surface area contributed by atoms with E-state index in [0.717, 1.165) is 50.5 Å². The number of hydrogen-bond donors (Lipinski definition) is 22. The Hall–Kier alpha value is -9.63. The molecule has 1 saturated heterocycles. The van der Waals surface area contributed by atoms with Gasteiger partial charge in [-0.2, -0.15) is 0 Å². The molecule has 3 aliphatic rings. The van der Waals surface area contributed by atoms with Crippen LogP contribution < -0.4 is 108 Å². The molecule has 1 fully saturated rings. The van der Waals surface area contributed by atoms with Gasteiger partial charge in [0.2, 0.25) is 0 Å². The van der Waals surface area contributed by atoms with Crippen LogP contribution in [0.15, 0.2) is 101 Å². The number of para-hydroxylation sites is 1. The minimum Gasteiger partial charge on any atom is -0.378 e. The molecule has 0 amide bonds. The maximum atomic E-state index is 7.04. The second-order valence-electron chi connectivity index (χ2n) is 16.7. The van der Waals surface area contributed by atoms with E-state index in [1.807, 2.05) is 114 Å². The molecule has 5 rings (SSSR count). The molecule has 3 aliphatic heterocycles. The lowest BCUT2D eigenvalue weighted by Crippen LogP contribution is -2.44. The zero-order valence-electron chi connectivity index (χ0n) is 49.9. The quantitative estimate of drug-likeness (QED) is 0.0952. The lowest BCUT2D eigenvalue weighted by Gasteiger charge is -2.26. The lowest BCUT2D eigenvalue weighted by molar-refractivity contribution is 0.0672. The van der Waals surface area contributed by atoms with Gasteiger partial charge in [-0.3, -0.25) is 46.2 Å². The third kappa shape index (κ3) is 74.7. The summed E-state index contributed by atoms with van der Waals surface area (Å²) in [6.45, 7) is 18.9. The smallest absolute Gasteiger partial charge is 0.191 e. The van der Waals surface area contributed by atoms with Crippen LogP contribution in [0, 0.1) is 16.2 Å². The average Bonchev–Trinajstić information content (AvgIpc) is 4.02. The number of likely N-dealkylation sites (N-methyl/N-ethyl adjacent to an activating group) is 1. The number of aliphatic imine (C=N–C) groups is 8. The zero-order chi connectivity index (χ0) is 63.9. The first-order chi connectivity index (χ1) is 37.7. The molecule has 2 aromatic rings. The van der Waals surface area contributed by atoms with Crippen LogP contribution in [-0.4, -0.2) is 193 Å². The predicted octanol–water partition coefficient (Wildman–Crippen LogP) is -4.89. The monoisotopic (exact) mass is 1150 g/mol. The summed E-state index contributed by atoms with van der Waals surface area (Å²) in [5, 5.41) is 28.2. The van der Waals surface area contributed by atoms with E-state index in [1.54, 1.807) is 33.1 Å². The Labute approximate surface area is 480 Å². The first-order valence-electron chi connectivity index (χ1n) is 24.8. The summed E-state index contributed by atoms with van der Waals surface area (Å²) in [5.74, 6) is 2.67. The Morgan fingerprint density at radius 2 is 1.14 bits per heavy atom. The van der Waals surface area contributed by atoms with Gasteiger partial charge < -0.3 is 127 Å². The van der Waals surface area contributed by atoms with Gasteiger partial charge in [0, 0.05) is 86.6 Å². The summed E-state index contributed by atoms with van der Waals surface area (Å²) in [4.78, 5) is 35.5. The van der Waals surface area contributed by atoms with Crippen molar-refractivity contribution >= 4 is 71.2 Å². The Morgan fingerprint density at radius 3 is 1.36 bits per heavy atom. The van der Waals surface area contributed by atoms with Crippen molar-refractivity contribution in [2.45, 2.75) is 66.2 Å². The average molecular weight is 1150 g/mol. The largest absolute Gasteiger partial charge is 0.378 e. The number of nitrogens with zero attached hydrogens (tertiary/aromatic N) is 11. The minimum atomic E-state index is -0.333. The lowest BCUT2D eigenvalue weighted by atomic mass is 10.2. The number of nitrogens with one attached hydrogen (secondary N) is 6. The summed E-state index contributed by atoms with van der Waals surface area (Å²) >= 11 is 0. The number of benzene rings is 2. The second-order valence-corrected chi connectivity index (χ2v) is 16.7. The third-order valence-electron chi connectivity index (χ3n) is 7.93. The summed E-state index contributed by atoms with van der Waals surface area (Å²) in [6.07, 6.45) is 0. The fraction of sp³-hybridized carbons (Fsp3) is 0.511. The second kappa shape index (κ2) is 55.1. The number of ether oxygens (including phenoxy) is 1. The van der Waals surface area contributed by atoms with Gasteiger partial charge in [0.05, 0.1) is 38.5 Å². The van der Waals surface area contributed by atoms with Gasteiger partial charge >= 0.3 is 0 Å². The molecule has 34 heteroatoms. The highest BCUT2D eigenvalue weighted by Gasteiger charge is 2.10. The fourth-order valence-electron chi connectivity index (χ4n) is 4.21. The van der Waals surface area contributed by atoms with Crippen LogP contribution in [-0.2, 0) is 11.3 Å². The van der Waals surface area contributed by atoms with Crippen molar-refractivity contribution in [3.8, 4) is 0 Å². The number of guanidine groups is 11. The molecule has 0 atom stereocenters. The van der Waals surface area contributed by atoms with Crippen LogP contribution in [0.5, 0.6) is 0 Å². The maximum Gasteiger partial charge on any atom is 0.191 e. The SMILES string of the molecule is CC(C)N=C(N)N.CC(C)N=C(N)NC(C)C.CN(C)C(=N)N.CN1CCN=C1N.CN=C(N)N.CN=C(N)NC.N=C(N)N.N=C(N)N1CCOCC1.NC(N)=NCc1ccccc1.NC(N)=Nc1ccccc1.NC1=NCCN1. The Morgan fingerprint density at radius 1 is 0.667 bits per heavy atom. The Bertz CT molecular complexity index is 2110. The number of nitrogens with two attached hydrogens (primary N) is 16. The van der Waals surface area contributed by atoms with Crippen LogP contribution in [0.4, 0.5) is 5.69 Å². The van der Waals surface area contributed by atoms with Crippen molar-refractivity contribution in [3.05, 3.63) is 66.2 Å². The molecule has 464 valence electrons.